The highest BCUT2D eigenvalue weighted by Crippen LogP contribution is 2.12. The van der Waals surface area contributed by atoms with Crippen molar-refractivity contribution in [2.24, 2.45) is 5.73 Å². The SMILES string of the molecule is CCc1ccc(OCC(=O)N(C)C(C)CN)cc1. The second kappa shape index (κ2) is 7.01. The van der Waals surface area contributed by atoms with Crippen LogP contribution < -0.4 is 10.5 Å². The standard InChI is InChI=1S/C14H22N2O2/c1-4-12-5-7-13(8-6-12)18-10-14(17)16(3)11(2)9-15/h5-8,11H,4,9-10,15H2,1-3H3. The minimum absolute atomic E-state index is 0.0311. The molecule has 0 spiro atoms. The Morgan fingerprint density at radius 2 is 2.00 bits per heavy atom. The first-order valence-electron chi connectivity index (χ1n) is 6.26. The van der Waals surface area contributed by atoms with E-state index in [4.69, 9.17) is 10.5 Å². The molecule has 0 fully saturated rings. The molecule has 1 atom stereocenters. The Morgan fingerprint density at radius 3 is 2.50 bits per heavy atom. The van der Waals surface area contributed by atoms with E-state index in [9.17, 15) is 4.79 Å². The first kappa shape index (κ1) is 14.5. The van der Waals surface area contributed by atoms with Gasteiger partial charge in [-0.15, -0.1) is 0 Å². The molecular weight excluding hydrogens is 228 g/mol. The van der Waals surface area contributed by atoms with Crippen molar-refractivity contribution in [2.75, 3.05) is 20.2 Å². The monoisotopic (exact) mass is 250 g/mol. The molecule has 0 aliphatic heterocycles. The molecule has 0 saturated heterocycles. The van der Waals surface area contributed by atoms with Crippen LogP contribution in [-0.4, -0.2) is 37.0 Å². The Balaban J connectivity index is 2.46. The number of hydrogen-bond donors (Lipinski definition) is 1. The minimum atomic E-state index is -0.0625. The summed E-state index contributed by atoms with van der Waals surface area (Å²) < 4.78 is 5.45. The lowest BCUT2D eigenvalue weighted by molar-refractivity contribution is -0.133. The van der Waals surface area contributed by atoms with Crippen LogP contribution in [0, 0.1) is 0 Å². The van der Waals surface area contributed by atoms with Crippen molar-refractivity contribution in [1.82, 2.24) is 4.90 Å². The van der Waals surface area contributed by atoms with Crippen molar-refractivity contribution in [2.45, 2.75) is 26.3 Å². The predicted octanol–water partition coefficient (Wildman–Crippen LogP) is 1.43. The number of ether oxygens (including phenoxy) is 1. The molecule has 0 aromatic heterocycles. The van der Waals surface area contributed by atoms with Crippen LogP contribution in [0.1, 0.15) is 19.4 Å². The van der Waals surface area contributed by atoms with E-state index in [-0.39, 0.29) is 18.6 Å². The van der Waals surface area contributed by atoms with E-state index >= 15 is 0 Å². The Bertz CT molecular complexity index is 376. The highest BCUT2D eigenvalue weighted by atomic mass is 16.5. The average Bonchev–Trinajstić information content (AvgIpc) is 2.43. The van der Waals surface area contributed by atoms with Gasteiger partial charge in [-0.1, -0.05) is 19.1 Å². The minimum Gasteiger partial charge on any atom is -0.484 e. The van der Waals surface area contributed by atoms with Gasteiger partial charge in [-0.2, -0.15) is 0 Å². The molecule has 1 amide bonds. The van der Waals surface area contributed by atoms with Gasteiger partial charge in [0, 0.05) is 19.6 Å². The molecule has 4 heteroatoms. The quantitative estimate of drug-likeness (QED) is 0.831. The predicted molar refractivity (Wildman–Crippen MR) is 72.6 cm³/mol. The zero-order valence-electron chi connectivity index (χ0n) is 11.3. The molecule has 1 rings (SSSR count). The number of hydrogen-bond acceptors (Lipinski definition) is 3. The number of amides is 1. The summed E-state index contributed by atoms with van der Waals surface area (Å²) in [5, 5.41) is 0. The van der Waals surface area contributed by atoms with Crippen LogP contribution in [0.15, 0.2) is 24.3 Å². The highest BCUT2D eigenvalue weighted by Gasteiger charge is 2.14. The summed E-state index contributed by atoms with van der Waals surface area (Å²) in [5.74, 6) is 0.655. The van der Waals surface area contributed by atoms with Gasteiger partial charge in [0.05, 0.1) is 0 Å². The Morgan fingerprint density at radius 1 is 1.39 bits per heavy atom. The lowest BCUT2D eigenvalue weighted by atomic mass is 10.2. The maximum atomic E-state index is 11.8. The molecule has 0 aliphatic rings. The summed E-state index contributed by atoms with van der Waals surface area (Å²) in [5.41, 5.74) is 6.77. The first-order chi connectivity index (χ1) is 8.58. The van der Waals surface area contributed by atoms with Gasteiger partial charge in [-0.3, -0.25) is 4.79 Å². The molecule has 4 nitrogen and oxygen atoms in total. The van der Waals surface area contributed by atoms with Gasteiger partial charge in [0.25, 0.3) is 5.91 Å². The molecular formula is C14H22N2O2. The van der Waals surface area contributed by atoms with Crippen LogP contribution in [0.25, 0.3) is 0 Å². The summed E-state index contributed by atoms with van der Waals surface area (Å²) in [4.78, 5) is 13.4. The number of likely N-dealkylation sites (N-methyl/N-ethyl adjacent to an activating group) is 1. The molecule has 1 aromatic rings. The van der Waals surface area contributed by atoms with Crippen molar-refractivity contribution in [3.8, 4) is 5.75 Å². The lowest BCUT2D eigenvalue weighted by Gasteiger charge is -2.23. The van der Waals surface area contributed by atoms with Crippen LogP contribution in [-0.2, 0) is 11.2 Å². The van der Waals surface area contributed by atoms with E-state index in [1.54, 1.807) is 11.9 Å². The zero-order chi connectivity index (χ0) is 13.5. The van der Waals surface area contributed by atoms with Gasteiger partial charge in [-0.05, 0) is 31.0 Å². The van der Waals surface area contributed by atoms with Gasteiger partial charge in [0.15, 0.2) is 6.61 Å². The second-order valence-corrected chi connectivity index (χ2v) is 4.38. The summed E-state index contributed by atoms with van der Waals surface area (Å²) in [6.45, 7) is 4.51. The lowest BCUT2D eigenvalue weighted by Crippen LogP contribution is -2.42. The maximum absolute atomic E-state index is 11.8. The van der Waals surface area contributed by atoms with E-state index in [1.807, 2.05) is 31.2 Å². The number of nitrogens with zero attached hydrogens (tertiary/aromatic N) is 1. The summed E-state index contributed by atoms with van der Waals surface area (Å²) in [7, 11) is 1.74. The van der Waals surface area contributed by atoms with Crippen LogP contribution in [0.4, 0.5) is 0 Å². The molecule has 18 heavy (non-hydrogen) atoms. The molecule has 100 valence electrons. The van der Waals surface area contributed by atoms with Crippen LogP contribution in [0.2, 0.25) is 0 Å². The number of carbonyl (C=O) groups is 1. The van der Waals surface area contributed by atoms with E-state index in [1.165, 1.54) is 5.56 Å². The molecule has 2 N–H and O–H groups in total. The molecule has 1 aromatic carbocycles. The van der Waals surface area contributed by atoms with E-state index < -0.39 is 0 Å². The Kier molecular flexibility index (Phi) is 5.65. The van der Waals surface area contributed by atoms with Crippen molar-refractivity contribution in [3.05, 3.63) is 29.8 Å². The van der Waals surface area contributed by atoms with Gasteiger partial charge in [-0.25, -0.2) is 0 Å². The van der Waals surface area contributed by atoms with Gasteiger partial charge < -0.3 is 15.4 Å². The topological polar surface area (TPSA) is 55.6 Å². The third kappa shape index (κ3) is 4.04. The third-order valence-corrected chi connectivity index (χ3v) is 3.09. The van der Waals surface area contributed by atoms with E-state index in [0.29, 0.717) is 12.3 Å². The summed E-state index contributed by atoms with van der Waals surface area (Å²) >= 11 is 0. The normalized spacial score (nSPS) is 12.0. The van der Waals surface area contributed by atoms with E-state index in [0.717, 1.165) is 6.42 Å². The van der Waals surface area contributed by atoms with Crippen LogP contribution >= 0.6 is 0 Å². The third-order valence-electron chi connectivity index (χ3n) is 3.09. The second-order valence-electron chi connectivity index (χ2n) is 4.38. The van der Waals surface area contributed by atoms with Crippen LogP contribution in [0.3, 0.4) is 0 Å². The van der Waals surface area contributed by atoms with Gasteiger partial charge in [0.1, 0.15) is 5.75 Å². The molecule has 0 bridgehead atoms. The smallest absolute Gasteiger partial charge is 0.260 e. The number of carbonyl (C=O) groups excluding carboxylic acids is 1. The summed E-state index contributed by atoms with van der Waals surface area (Å²) in [6, 6.07) is 7.82. The fourth-order valence-electron chi connectivity index (χ4n) is 1.47. The number of benzene rings is 1. The van der Waals surface area contributed by atoms with Crippen molar-refractivity contribution in [1.29, 1.82) is 0 Å². The Labute approximate surface area is 109 Å². The molecule has 0 heterocycles. The summed E-state index contributed by atoms with van der Waals surface area (Å²) in [6.07, 6.45) is 0.996. The van der Waals surface area contributed by atoms with Gasteiger partial charge >= 0.3 is 0 Å². The number of nitrogens with two attached hydrogens (primary N) is 1. The van der Waals surface area contributed by atoms with Crippen molar-refractivity contribution >= 4 is 5.91 Å². The molecule has 0 saturated carbocycles. The first-order valence-corrected chi connectivity index (χ1v) is 6.26. The number of rotatable bonds is 6. The molecule has 1 unspecified atom stereocenters. The molecule has 0 radical (unpaired) electrons. The molecule has 0 aliphatic carbocycles. The highest BCUT2D eigenvalue weighted by molar-refractivity contribution is 5.77. The van der Waals surface area contributed by atoms with Crippen LogP contribution in [0.5, 0.6) is 5.75 Å². The van der Waals surface area contributed by atoms with E-state index in [2.05, 4.69) is 6.92 Å². The average molecular weight is 250 g/mol. The van der Waals surface area contributed by atoms with Crippen molar-refractivity contribution < 1.29 is 9.53 Å². The van der Waals surface area contributed by atoms with Gasteiger partial charge in [0.2, 0.25) is 0 Å². The maximum Gasteiger partial charge on any atom is 0.260 e. The Hall–Kier alpha value is -1.55. The van der Waals surface area contributed by atoms with Crippen molar-refractivity contribution in [3.63, 3.8) is 0 Å². The fraction of sp³-hybridized carbons (Fsp3) is 0.500. The number of aryl methyl sites for hydroxylation is 1. The fourth-order valence-corrected chi connectivity index (χ4v) is 1.47. The largest absolute Gasteiger partial charge is 0.484 e. The zero-order valence-corrected chi connectivity index (χ0v) is 11.3.